The minimum Gasteiger partial charge on any atom is -0.869 e. The number of Topliss-reactive ketones (excluding diaryl/α,β-unsaturated/α-hetero) is 1. The SMILES string of the molecule is C=C1OC(=O)C(C(=O)[C@H](C)C[C@H](C)C(=O)/C=C/C=C/C=C/C)=C1[O-]. The number of carbonyl (C=O) groups excluding carboxylic acids is 3. The minimum atomic E-state index is -0.963. The van der Waals surface area contributed by atoms with Crippen molar-refractivity contribution < 1.29 is 24.2 Å². The van der Waals surface area contributed by atoms with Gasteiger partial charge in [0.1, 0.15) is 5.76 Å². The van der Waals surface area contributed by atoms with Crippen LogP contribution in [0.15, 0.2) is 60.1 Å². The van der Waals surface area contributed by atoms with E-state index in [1.807, 2.05) is 19.1 Å². The predicted molar refractivity (Wildman–Crippen MR) is 88.3 cm³/mol. The molecular formula is C19H21O5-. The van der Waals surface area contributed by atoms with E-state index in [-0.39, 0.29) is 18.0 Å². The molecule has 0 amide bonds. The molecule has 0 saturated heterocycles. The molecule has 0 aromatic rings. The molecule has 0 aliphatic carbocycles. The van der Waals surface area contributed by atoms with Gasteiger partial charge in [-0.2, -0.15) is 0 Å². The van der Waals surface area contributed by atoms with Gasteiger partial charge < -0.3 is 9.84 Å². The highest BCUT2D eigenvalue weighted by molar-refractivity contribution is 6.20. The highest BCUT2D eigenvalue weighted by Gasteiger charge is 2.32. The van der Waals surface area contributed by atoms with Crippen molar-refractivity contribution in [1.82, 2.24) is 0 Å². The van der Waals surface area contributed by atoms with Crippen molar-refractivity contribution in [3.8, 4) is 0 Å². The van der Waals surface area contributed by atoms with E-state index in [1.54, 1.807) is 32.1 Å². The smallest absolute Gasteiger partial charge is 0.346 e. The number of cyclic esters (lactones) is 1. The van der Waals surface area contributed by atoms with Gasteiger partial charge in [-0.15, -0.1) is 0 Å². The van der Waals surface area contributed by atoms with E-state index in [0.717, 1.165) is 0 Å². The lowest BCUT2D eigenvalue weighted by Crippen LogP contribution is -2.24. The van der Waals surface area contributed by atoms with Crippen LogP contribution in [0, 0.1) is 11.8 Å². The van der Waals surface area contributed by atoms with Crippen LogP contribution in [0.4, 0.5) is 0 Å². The zero-order valence-corrected chi connectivity index (χ0v) is 14.1. The Hall–Kier alpha value is -2.69. The summed E-state index contributed by atoms with van der Waals surface area (Å²) in [5, 5.41) is 11.7. The summed E-state index contributed by atoms with van der Waals surface area (Å²) in [7, 11) is 0. The summed E-state index contributed by atoms with van der Waals surface area (Å²) in [6.45, 7) is 8.45. The molecule has 0 radical (unpaired) electrons. The maximum absolute atomic E-state index is 12.3. The lowest BCUT2D eigenvalue weighted by atomic mass is 9.88. The fourth-order valence-electron chi connectivity index (χ4n) is 2.21. The number of carbonyl (C=O) groups is 3. The summed E-state index contributed by atoms with van der Waals surface area (Å²) >= 11 is 0. The van der Waals surface area contributed by atoms with Gasteiger partial charge in [-0.05, 0) is 25.2 Å². The number of hydrogen-bond acceptors (Lipinski definition) is 5. The van der Waals surface area contributed by atoms with Gasteiger partial charge in [0.25, 0.3) is 0 Å². The molecule has 2 atom stereocenters. The molecule has 1 aliphatic heterocycles. The van der Waals surface area contributed by atoms with Crippen molar-refractivity contribution in [3.63, 3.8) is 0 Å². The van der Waals surface area contributed by atoms with Crippen LogP contribution in [0.2, 0.25) is 0 Å². The second-order valence-electron chi connectivity index (χ2n) is 5.59. The Morgan fingerprint density at radius 1 is 1.17 bits per heavy atom. The molecule has 1 heterocycles. The number of esters is 1. The molecule has 5 heteroatoms. The first kappa shape index (κ1) is 19.4. The topological polar surface area (TPSA) is 83.5 Å². The van der Waals surface area contributed by atoms with E-state index in [9.17, 15) is 19.5 Å². The second-order valence-corrected chi connectivity index (χ2v) is 5.59. The molecular weight excluding hydrogens is 308 g/mol. The van der Waals surface area contributed by atoms with Crippen molar-refractivity contribution >= 4 is 17.5 Å². The van der Waals surface area contributed by atoms with Gasteiger partial charge >= 0.3 is 5.97 Å². The highest BCUT2D eigenvalue weighted by Crippen LogP contribution is 2.26. The molecule has 0 aromatic carbocycles. The van der Waals surface area contributed by atoms with Crippen LogP contribution < -0.4 is 5.11 Å². The number of hydrogen-bond donors (Lipinski definition) is 0. The summed E-state index contributed by atoms with van der Waals surface area (Å²) in [6.07, 6.45) is 10.5. The van der Waals surface area contributed by atoms with Gasteiger partial charge in [-0.25, -0.2) is 4.79 Å². The van der Waals surface area contributed by atoms with Crippen molar-refractivity contribution in [3.05, 3.63) is 60.1 Å². The molecule has 0 saturated carbocycles. The van der Waals surface area contributed by atoms with Crippen LogP contribution >= 0.6 is 0 Å². The number of allylic oxidation sites excluding steroid dienone is 6. The second kappa shape index (κ2) is 8.82. The molecule has 0 fully saturated rings. The Labute approximate surface area is 141 Å². The third kappa shape index (κ3) is 4.91. The highest BCUT2D eigenvalue weighted by atomic mass is 16.6. The van der Waals surface area contributed by atoms with Gasteiger partial charge in [0, 0.05) is 11.8 Å². The first-order chi connectivity index (χ1) is 11.3. The van der Waals surface area contributed by atoms with Crippen molar-refractivity contribution in [2.24, 2.45) is 11.8 Å². The summed E-state index contributed by atoms with van der Waals surface area (Å²) in [5.74, 6) is -3.87. The zero-order chi connectivity index (χ0) is 18.3. The van der Waals surface area contributed by atoms with Gasteiger partial charge in [0.15, 0.2) is 11.6 Å². The van der Waals surface area contributed by atoms with Gasteiger partial charge in [0.05, 0.1) is 5.57 Å². The first-order valence-corrected chi connectivity index (χ1v) is 7.66. The Morgan fingerprint density at radius 2 is 1.79 bits per heavy atom. The molecule has 0 aromatic heterocycles. The van der Waals surface area contributed by atoms with E-state index >= 15 is 0 Å². The molecule has 128 valence electrons. The normalized spacial score (nSPS) is 18.0. The van der Waals surface area contributed by atoms with Crippen LogP contribution in [0.3, 0.4) is 0 Å². The molecule has 5 nitrogen and oxygen atoms in total. The van der Waals surface area contributed by atoms with E-state index in [1.165, 1.54) is 6.08 Å². The Balaban J connectivity index is 2.68. The first-order valence-electron chi connectivity index (χ1n) is 7.66. The average Bonchev–Trinajstić information content (AvgIpc) is 2.78. The van der Waals surface area contributed by atoms with Crippen molar-refractivity contribution in [1.29, 1.82) is 0 Å². The molecule has 1 aliphatic rings. The van der Waals surface area contributed by atoms with Crippen molar-refractivity contribution in [2.75, 3.05) is 0 Å². The summed E-state index contributed by atoms with van der Waals surface area (Å²) < 4.78 is 4.56. The maximum Gasteiger partial charge on any atom is 0.346 e. The molecule has 1 rings (SSSR count). The van der Waals surface area contributed by atoms with Crippen LogP contribution in [0.25, 0.3) is 0 Å². The maximum atomic E-state index is 12.3. The summed E-state index contributed by atoms with van der Waals surface area (Å²) in [5.41, 5.74) is -0.503. The van der Waals surface area contributed by atoms with Crippen LogP contribution in [0.5, 0.6) is 0 Å². The van der Waals surface area contributed by atoms with E-state index in [4.69, 9.17) is 0 Å². The van der Waals surface area contributed by atoms with Crippen molar-refractivity contribution in [2.45, 2.75) is 27.2 Å². The fraction of sp³-hybridized carbons (Fsp3) is 0.316. The quantitative estimate of drug-likeness (QED) is 0.295. The summed E-state index contributed by atoms with van der Waals surface area (Å²) in [6, 6.07) is 0. The number of ether oxygens (including phenoxy) is 1. The molecule has 0 spiro atoms. The van der Waals surface area contributed by atoms with Crippen LogP contribution in [0.1, 0.15) is 27.2 Å². The van der Waals surface area contributed by atoms with E-state index in [2.05, 4.69) is 11.3 Å². The lowest BCUT2D eigenvalue weighted by molar-refractivity contribution is -0.300. The third-order valence-corrected chi connectivity index (χ3v) is 3.57. The Kier molecular flexibility index (Phi) is 7.11. The Bertz CT molecular complexity index is 661. The molecule has 0 bridgehead atoms. The number of rotatable bonds is 8. The van der Waals surface area contributed by atoms with E-state index < -0.39 is 34.9 Å². The minimum absolute atomic E-state index is 0.130. The molecule has 0 unspecified atom stereocenters. The predicted octanol–water partition coefficient (Wildman–Crippen LogP) is 2.16. The zero-order valence-electron chi connectivity index (χ0n) is 14.1. The largest absolute Gasteiger partial charge is 0.869 e. The lowest BCUT2D eigenvalue weighted by Gasteiger charge is -2.15. The van der Waals surface area contributed by atoms with E-state index in [0.29, 0.717) is 0 Å². The molecule has 0 N–H and O–H groups in total. The average molecular weight is 329 g/mol. The Morgan fingerprint density at radius 3 is 2.33 bits per heavy atom. The monoisotopic (exact) mass is 329 g/mol. The number of ketones is 2. The fourth-order valence-corrected chi connectivity index (χ4v) is 2.21. The summed E-state index contributed by atoms with van der Waals surface area (Å²) in [4.78, 5) is 35.8. The molecule has 24 heavy (non-hydrogen) atoms. The van der Waals surface area contributed by atoms with Gasteiger partial charge in [-0.1, -0.05) is 50.8 Å². The van der Waals surface area contributed by atoms with Crippen LogP contribution in [-0.2, 0) is 19.1 Å². The standard InChI is InChI=1S/C19H22O5/c1-5-6-7-8-9-10-15(20)12(2)11-13(3)17(21)16-18(22)14(4)24-19(16)23/h5-10,12-13,22H,4,11H2,1-3H3/p-1/b6-5+,8-7+,10-9+/t12-,13+/m0/s1. The van der Waals surface area contributed by atoms with Gasteiger partial charge in [0.2, 0.25) is 0 Å². The third-order valence-electron chi connectivity index (χ3n) is 3.57. The van der Waals surface area contributed by atoms with Crippen LogP contribution in [-0.4, -0.2) is 17.5 Å². The van der Waals surface area contributed by atoms with Gasteiger partial charge in [-0.3, -0.25) is 9.59 Å².